The SMILES string of the molecule is O=C(Nc1ccc2c(c1)OCCO2)c1ccc(COc2ccc3ccccc3c2)o1. The molecule has 3 aromatic carbocycles. The van der Waals surface area contributed by atoms with Gasteiger partial charge >= 0.3 is 0 Å². The summed E-state index contributed by atoms with van der Waals surface area (Å²) in [6.45, 7) is 1.24. The maximum atomic E-state index is 12.5. The van der Waals surface area contributed by atoms with Crippen LogP contribution in [0, 0.1) is 0 Å². The van der Waals surface area contributed by atoms with Crippen LogP contribution in [0.15, 0.2) is 77.2 Å². The number of hydrogen-bond acceptors (Lipinski definition) is 5. The summed E-state index contributed by atoms with van der Waals surface area (Å²) in [6, 6.07) is 22.6. The molecule has 30 heavy (non-hydrogen) atoms. The van der Waals surface area contributed by atoms with E-state index in [4.69, 9.17) is 18.6 Å². The number of rotatable bonds is 5. The topological polar surface area (TPSA) is 69.9 Å². The molecule has 0 atom stereocenters. The van der Waals surface area contributed by atoms with Crippen LogP contribution >= 0.6 is 0 Å². The third-order valence-electron chi connectivity index (χ3n) is 4.79. The summed E-state index contributed by atoms with van der Waals surface area (Å²) in [5.41, 5.74) is 0.606. The van der Waals surface area contributed by atoms with Gasteiger partial charge in [0.2, 0.25) is 0 Å². The van der Waals surface area contributed by atoms with E-state index in [9.17, 15) is 4.79 Å². The summed E-state index contributed by atoms with van der Waals surface area (Å²) in [5, 5.41) is 5.07. The fraction of sp³-hybridized carbons (Fsp3) is 0.125. The van der Waals surface area contributed by atoms with Gasteiger partial charge in [0, 0.05) is 11.8 Å². The predicted octanol–water partition coefficient (Wildman–Crippen LogP) is 5.04. The Morgan fingerprint density at radius 1 is 0.867 bits per heavy atom. The molecule has 0 bridgehead atoms. The number of furan rings is 1. The number of amides is 1. The van der Waals surface area contributed by atoms with Crippen molar-refractivity contribution in [2.45, 2.75) is 6.61 Å². The molecule has 1 aromatic heterocycles. The van der Waals surface area contributed by atoms with E-state index in [2.05, 4.69) is 11.4 Å². The molecule has 0 spiro atoms. The monoisotopic (exact) mass is 401 g/mol. The molecule has 1 aliphatic rings. The smallest absolute Gasteiger partial charge is 0.291 e. The number of carbonyl (C=O) groups is 1. The minimum absolute atomic E-state index is 0.210. The molecule has 0 unspecified atom stereocenters. The fourth-order valence-corrected chi connectivity index (χ4v) is 3.30. The van der Waals surface area contributed by atoms with Gasteiger partial charge in [-0.3, -0.25) is 4.79 Å². The summed E-state index contributed by atoms with van der Waals surface area (Å²) in [4.78, 5) is 12.5. The number of carbonyl (C=O) groups excluding carboxylic acids is 1. The molecule has 0 fully saturated rings. The fourth-order valence-electron chi connectivity index (χ4n) is 3.30. The molecule has 4 aromatic rings. The van der Waals surface area contributed by atoms with Crippen molar-refractivity contribution in [1.82, 2.24) is 0 Å². The van der Waals surface area contributed by atoms with Crippen molar-refractivity contribution >= 4 is 22.4 Å². The Morgan fingerprint density at radius 3 is 2.60 bits per heavy atom. The Bertz CT molecular complexity index is 1210. The summed E-state index contributed by atoms with van der Waals surface area (Å²) < 4.78 is 22.5. The first-order valence-electron chi connectivity index (χ1n) is 9.66. The van der Waals surface area contributed by atoms with E-state index < -0.39 is 0 Å². The Labute approximate surface area is 173 Å². The highest BCUT2D eigenvalue weighted by Crippen LogP contribution is 2.32. The zero-order valence-corrected chi connectivity index (χ0v) is 16.1. The second-order valence-corrected chi connectivity index (χ2v) is 6.88. The molecule has 1 amide bonds. The number of fused-ring (bicyclic) bond motifs is 2. The van der Waals surface area contributed by atoms with Gasteiger partial charge in [-0.2, -0.15) is 0 Å². The van der Waals surface area contributed by atoms with Crippen molar-refractivity contribution in [2.24, 2.45) is 0 Å². The lowest BCUT2D eigenvalue weighted by molar-refractivity contribution is 0.0992. The van der Waals surface area contributed by atoms with Crippen LogP contribution < -0.4 is 19.5 Å². The largest absolute Gasteiger partial charge is 0.486 e. The third kappa shape index (κ3) is 3.80. The number of ether oxygens (including phenoxy) is 3. The average Bonchev–Trinajstić information content (AvgIpc) is 3.27. The minimum atomic E-state index is -0.344. The van der Waals surface area contributed by atoms with Crippen molar-refractivity contribution in [1.29, 1.82) is 0 Å². The van der Waals surface area contributed by atoms with Gasteiger partial charge in [-0.05, 0) is 47.2 Å². The van der Waals surface area contributed by atoms with Gasteiger partial charge in [0.25, 0.3) is 5.91 Å². The second-order valence-electron chi connectivity index (χ2n) is 6.88. The molecule has 5 rings (SSSR count). The molecule has 0 aliphatic carbocycles. The quantitative estimate of drug-likeness (QED) is 0.508. The summed E-state index contributed by atoms with van der Waals surface area (Å²) >= 11 is 0. The van der Waals surface area contributed by atoms with Crippen LogP contribution in [-0.2, 0) is 6.61 Å². The van der Waals surface area contributed by atoms with Gasteiger partial charge in [-0.25, -0.2) is 0 Å². The molecule has 6 nitrogen and oxygen atoms in total. The van der Waals surface area contributed by atoms with Gasteiger partial charge in [-0.1, -0.05) is 30.3 Å². The van der Waals surface area contributed by atoms with Gasteiger partial charge < -0.3 is 23.9 Å². The lowest BCUT2D eigenvalue weighted by Gasteiger charge is -2.18. The first-order valence-corrected chi connectivity index (χ1v) is 9.66. The Kier molecular flexibility index (Phi) is 4.73. The van der Waals surface area contributed by atoms with Gasteiger partial charge in [-0.15, -0.1) is 0 Å². The standard InChI is InChI=1S/C24H19NO5/c26-24(25-18-6-9-21-23(14-18)28-12-11-27-21)22-10-8-20(30-22)15-29-19-7-5-16-3-1-2-4-17(16)13-19/h1-10,13-14H,11-12,15H2,(H,25,26). The van der Waals surface area contributed by atoms with Crippen molar-refractivity contribution < 1.29 is 23.4 Å². The molecule has 0 saturated heterocycles. The molecular weight excluding hydrogens is 382 g/mol. The number of hydrogen-bond donors (Lipinski definition) is 1. The van der Waals surface area contributed by atoms with E-state index in [-0.39, 0.29) is 18.3 Å². The van der Waals surface area contributed by atoms with Crippen molar-refractivity contribution in [3.8, 4) is 17.2 Å². The molecule has 1 N–H and O–H groups in total. The summed E-state index contributed by atoms with van der Waals surface area (Å²) in [5.74, 6) is 2.46. The van der Waals surface area contributed by atoms with E-state index in [0.717, 1.165) is 16.5 Å². The van der Waals surface area contributed by atoms with Gasteiger partial charge in [0.05, 0.1) is 0 Å². The van der Waals surface area contributed by atoms with E-state index in [1.165, 1.54) is 0 Å². The molecule has 150 valence electrons. The van der Waals surface area contributed by atoms with Crippen LogP contribution in [-0.4, -0.2) is 19.1 Å². The first-order chi connectivity index (χ1) is 14.7. The molecule has 0 radical (unpaired) electrons. The predicted molar refractivity (Wildman–Crippen MR) is 112 cm³/mol. The zero-order valence-electron chi connectivity index (χ0n) is 16.1. The van der Waals surface area contributed by atoms with Crippen LogP contribution in [0.2, 0.25) is 0 Å². The Balaban J connectivity index is 1.23. The van der Waals surface area contributed by atoms with Crippen molar-refractivity contribution in [3.63, 3.8) is 0 Å². The average molecular weight is 401 g/mol. The van der Waals surface area contributed by atoms with E-state index >= 15 is 0 Å². The number of anilines is 1. The molecule has 6 heteroatoms. The first kappa shape index (κ1) is 18.1. The van der Waals surface area contributed by atoms with Crippen molar-refractivity contribution in [2.75, 3.05) is 18.5 Å². The zero-order chi connectivity index (χ0) is 20.3. The normalized spacial score (nSPS) is 12.5. The Hall–Kier alpha value is -3.93. The highest BCUT2D eigenvalue weighted by atomic mass is 16.6. The highest BCUT2D eigenvalue weighted by molar-refractivity contribution is 6.02. The third-order valence-corrected chi connectivity index (χ3v) is 4.79. The minimum Gasteiger partial charge on any atom is -0.486 e. The maximum absolute atomic E-state index is 12.5. The number of nitrogens with one attached hydrogen (secondary N) is 1. The van der Waals surface area contributed by atoms with Crippen LogP contribution in [0.4, 0.5) is 5.69 Å². The van der Waals surface area contributed by atoms with E-state index in [0.29, 0.717) is 36.2 Å². The highest BCUT2D eigenvalue weighted by Gasteiger charge is 2.15. The molecule has 2 heterocycles. The second kappa shape index (κ2) is 7.83. The van der Waals surface area contributed by atoms with Crippen LogP contribution in [0.5, 0.6) is 17.2 Å². The van der Waals surface area contributed by atoms with E-state index in [1.807, 2.05) is 36.4 Å². The van der Waals surface area contributed by atoms with Crippen LogP contribution in [0.3, 0.4) is 0 Å². The lowest BCUT2D eigenvalue weighted by Crippen LogP contribution is -2.16. The molecule has 1 aliphatic heterocycles. The van der Waals surface area contributed by atoms with Crippen molar-refractivity contribution in [3.05, 3.63) is 84.3 Å². The van der Waals surface area contributed by atoms with E-state index in [1.54, 1.807) is 30.3 Å². The maximum Gasteiger partial charge on any atom is 0.291 e. The van der Waals surface area contributed by atoms with Crippen LogP contribution in [0.1, 0.15) is 16.3 Å². The van der Waals surface area contributed by atoms with Gasteiger partial charge in [0.1, 0.15) is 31.3 Å². The summed E-state index contributed by atoms with van der Waals surface area (Å²) in [7, 11) is 0. The Morgan fingerprint density at radius 2 is 1.70 bits per heavy atom. The lowest BCUT2D eigenvalue weighted by atomic mass is 10.1. The molecular formula is C24H19NO5. The summed E-state index contributed by atoms with van der Waals surface area (Å²) in [6.07, 6.45) is 0. The van der Waals surface area contributed by atoms with Crippen LogP contribution in [0.25, 0.3) is 10.8 Å². The van der Waals surface area contributed by atoms with Gasteiger partial charge in [0.15, 0.2) is 17.3 Å². The number of benzene rings is 3. The molecule has 0 saturated carbocycles.